The van der Waals surface area contributed by atoms with E-state index >= 15 is 0 Å². The van der Waals surface area contributed by atoms with Crippen LogP contribution >= 0.6 is 11.6 Å². The lowest BCUT2D eigenvalue weighted by atomic mass is 9.97. The minimum atomic E-state index is -0.840. The first-order valence-corrected chi connectivity index (χ1v) is 12.3. The number of ether oxygens (including phenoxy) is 1. The minimum Gasteiger partial charge on any atom is -0.465 e. The SMILES string of the molecule is COC(=O)c1ccc(CN2C(=O)c3ccc(Cl)cc3NC(=O)C2Cc2ccccn2)cc1-c1ccncc1. The van der Waals surface area contributed by atoms with E-state index in [-0.39, 0.29) is 24.8 Å². The van der Waals surface area contributed by atoms with Crippen LogP contribution in [0.5, 0.6) is 0 Å². The van der Waals surface area contributed by atoms with E-state index in [0.29, 0.717) is 33.1 Å². The maximum absolute atomic E-state index is 13.9. The zero-order chi connectivity index (χ0) is 26.6. The molecule has 0 saturated carbocycles. The Morgan fingerprint density at radius 3 is 2.55 bits per heavy atom. The van der Waals surface area contributed by atoms with Crippen molar-refractivity contribution < 1.29 is 19.1 Å². The molecule has 1 aliphatic rings. The fourth-order valence-corrected chi connectivity index (χ4v) is 4.68. The van der Waals surface area contributed by atoms with Crippen molar-refractivity contribution in [3.05, 3.63) is 113 Å². The number of methoxy groups -OCH3 is 1. The van der Waals surface area contributed by atoms with Crippen molar-refractivity contribution in [3.8, 4) is 11.1 Å². The summed E-state index contributed by atoms with van der Waals surface area (Å²) in [5.74, 6) is -1.14. The van der Waals surface area contributed by atoms with E-state index < -0.39 is 12.0 Å². The average Bonchev–Trinajstić information content (AvgIpc) is 3.03. The number of anilines is 1. The maximum Gasteiger partial charge on any atom is 0.338 e. The van der Waals surface area contributed by atoms with Crippen LogP contribution in [0.3, 0.4) is 0 Å². The number of amides is 2. The Labute approximate surface area is 224 Å². The number of pyridine rings is 2. The third-order valence-electron chi connectivity index (χ3n) is 6.37. The lowest BCUT2D eigenvalue weighted by molar-refractivity contribution is -0.120. The number of halogens is 1. The van der Waals surface area contributed by atoms with Crippen molar-refractivity contribution >= 4 is 35.1 Å². The molecule has 1 aliphatic heterocycles. The van der Waals surface area contributed by atoms with Crippen molar-refractivity contribution in [2.24, 2.45) is 0 Å². The van der Waals surface area contributed by atoms with Gasteiger partial charge in [0, 0.05) is 42.3 Å². The molecule has 2 amide bonds. The summed E-state index contributed by atoms with van der Waals surface area (Å²) >= 11 is 6.16. The number of rotatable bonds is 6. The third-order valence-corrected chi connectivity index (χ3v) is 6.61. The van der Waals surface area contributed by atoms with Crippen molar-refractivity contribution in [1.82, 2.24) is 14.9 Å². The molecule has 1 atom stereocenters. The number of benzene rings is 2. The molecule has 0 spiro atoms. The molecule has 5 rings (SSSR count). The van der Waals surface area contributed by atoms with Gasteiger partial charge >= 0.3 is 5.97 Å². The van der Waals surface area contributed by atoms with E-state index in [1.807, 2.05) is 18.2 Å². The van der Waals surface area contributed by atoms with Gasteiger partial charge in [-0.3, -0.25) is 19.6 Å². The Bertz CT molecular complexity index is 1510. The van der Waals surface area contributed by atoms with E-state index in [0.717, 1.165) is 11.1 Å². The second-order valence-electron chi connectivity index (χ2n) is 8.76. The number of aromatic nitrogens is 2. The number of nitrogens with one attached hydrogen (secondary N) is 1. The summed E-state index contributed by atoms with van der Waals surface area (Å²) < 4.78 is 4.98. The maximum atomic E-state index is 13.9. The monoisotopic (exact) mass is 526 g/mol. The molecule has 4 aromatic rings. The van der Waals surface area contributed by atoms with Crippen LogP contribution in [0.2, 0.25) is 5.02 Å². The fourth-order valence-electron chi connectivity index (χ4n) is 4.51. The van der Waals surface area contributed by atoms with Crippen LogP contribution in [0.4, 0.5) is 5.69 Å². The molecule has 0 bridgehead atoms. The minimum absolute atomic E-state index is 0.116. The molecular formula is C29H23ClN4O4. The Kier molecular flexibility index (Phi) is 7.15. The van der Waals surface area contributed by atoms with Crippen LogP contribution in [-0.2, 0) is 22.5 Å². The smallest absolute Gasteiger partial charge is 0.338 e. The van der Waals surface area contributed by atoms with E-state index in [4.69, 9.17) is 16.3 Å². The Hall–Kier alpha value is -4.56. The number of carbonyl (C=O) groups excluding carboxylic acids is 3. The molecular weight excluding hydrogens is 504 g/mol. The molecule has 0 radical (unpaired) electrons. The summed E-state index contributed by atoms with van der Waals surface area (Å²) in [5, 5.41) is 3.28. The van der Waals surface area contributed by atoms with Gasteiger partial charge in [-0.2, -0.15) is 0 Å². The predicted molar refractivity (Wildman–Crippen MR) is 143 cm³/mol. The zero-order valence-corrected chi connectivity index (χ0v) is 21.2. The molecule has 3 heterocycles. The van der Waals surface area contributed by atoms with E-state index in [1.54, 1.807) is 67.1 Å². The highest BCUT2D eigenvalue weighted by Crippen LogP contribution is 2.30. The summed E-state index contributed by atoms with van der Waals surface area (Å²) in [6.07, 6.45) is 5.14. The number of hydrogen-bond donors (Lipinski definition) is 1. The van der Waals surface area contributed by atoms with Crippen molar-refractivity contribution in [2.45, 2.75) is 19.0 Å². The molecule has 0 saturated heterocycles. The second kappa shape index (κ2) is 10.8. The summed E-state index contributed by atoms with van der Waals surface area (Å²) in [5.41, 5.74) is 3.89. The molecule has 38 heavy (non-hydrogen) atoms. The Morgan fingerprint density at radius 2 is 1.82 bits per heavy atom. The first kappa shape index (κ1) is 25.1. The largest absolute Gasteiger partial charge is 0.465 e. The van der Waals surface area contributed by atoms with Crippen molar-refractivity contribution in [3.63, 3.8) is 0 Å². The molecule has 9 heteroatoms. The van der Waals surface area contributed by atoms with E-state index in [1.165, 1.54) is 12.0 Å². The molecule has 2 aromatic carbocycles. The van der Waals surface area contributed by atoms with E-state index in [2.05, 4.69) is 15.3 Å². The van der Waals surface area contributed by atoms with Crippen LogP contribution in [0.1, 0.15) is 32.0 Å². The summed E-state index contributed by atoms with van der Waals surface area (Å²) in [7, 11) is 1.33. The van der Waals surface area contributed by atoms with Gasteiger partial charge in [0.15, 0.2) is 0 Å². The van der Waals surface area contributed by atoms with Crippen LogP contribution in [0.25, 0.3) is 11.1 Å². The number of hydrogen-bond acceptors (Lipinski definition) is 6. The lowest BCUT2D eigenvalue weighted by Crippen LogP contribution is -2.46. The van der Waals surface area contributed by atoms with Gasteiger partial charge in [0.05, 0.1) is 23.9 Å². The molecule has 0 fully saturated rings. The average molecular weight is 527 g/mol. The fraction of sp³-hybridized carbons (Fsp3) is 0.138. The van der Waals surface area contributed by atoms with Gasteiger partial charge in [0.2, 0.25) is 5.91 Å². The molecule has 8 nitrogen and oxygen atoms in total. The number of fused-ring (bicyclic) bond motifs is 1. The molecule has 0 aliphatic carbocycles. The first-order valence-electron chi connectivity index (χ1n) is 11.9. The van der Waals surface area contributed by atoms with Gasteiger partial charge in [-0.25, -0.2) is 4.79 Å². The Balaban J connectivity index is 1.58. The van der Waals surface area contributed by atoms with Gasteiger partial charge in [0.25, 0.3) is 5.91 Å². The van der Waals surface area contributed by atoms with Gasteiger partial charge < -0.3 is 15.0 Å². The third kappa shape index (κ3) is 5.12. The molecule has 1 N–H and O–H groups in total. The van der Waals surface area contributed by atoms with Crippen LogP contribution in [0, 0.1) is 0 Å². The summed E-state index contributed by atoms with van der Waals surface area (Å²) in [4.78, 5) is 49.8. The first-order chi connectivity index (χ1) is 18.4. The standard InChI is InChI=1S/C29H23ClN4O4/c1-38-29(37)22-7-5-18(14-24(22)19-9-12-31-13-10-19)17-34-26(16-21-4-2-3-11-32-21)27(35)33-25-15-20(30)6-8-23(25)28(34)36/h2-15,26H,16-17H2,1H3,(H,33,35). The Morgan fingerprint density at radius 1 is 1.00 bits per heavy atom. The van der Waals surface area contributed by atoms with Crippen LogP contribution in [-0.4, -0.2) is 45.8 Å². The van der Waals surface area contributed by atoms with Crippen LogP contribution in [0.15, 0.2) is 85.3 Å². The second-order valence-corrected chi connectivity index (χ2v) is 9.20. The van der Waals surface area contributed by atoms with Gasteiger partial charge in [-0.15, -0.1) is 0 Å². The quantitative estimate of drug-likeness (QED) is 0.362. The van der Waals surface area contributed by atoms with Gasteiger partial charge in [-0.1, -0.05) is 23.7 Å². The number of nitrogens with zero attached hydrogens (tertiary/aromatic N) is 3. The predicted octanol–water partition coefficient (Wildman–Crippen LogP) is 4.79. The highest BCUT2D eigenvalue weighted by molar-refractivity contribution is 6.31. The number of carbonyl (C=O) groups is 3. The summed E-state index contributed by atoms with van der Waals surface area (Å²) in [6.45, 7) is 0.116. The van der Waals surface area contributed by atoms with Crippen molar-refractivity contribution in [2.75, 3.05) is 12.4 Å². The van der Waals surface area contributed by atoms with Crippen LogP contribution < -0.4 is 5.32 Å². The van der Waals surface area contributed by atoms with Gasteiger partial charge in [-0.05, 0) is 71.3 Å². The zero-order valence-electron chi connectivity index (χ0n) is 20.4. The molecule has 2 aromatic heterocycles. The number of esters is 1. The van der Waals surface area contributed by atoms with E-state index in [9.17, 15) is 14.4 Å². The highest BCUT2D eigenvalue weighted by atomic mass is 35.5. The lowest BCUT2D eigenvalue weighted by Gasteiger charge is -2.29. The van der Waals surface area contributed by atoms with Crippen molar-refractivity contribution in [1.29, 1.82) is 0 Å². The topological polar surface area (TPSA) is 101 Å². The normalized spacial score (nSPS) is 14.9. The molecule has 1 unspecified atom stereocenters. The summed E-state index contributed by atoms with van der Waals surface area (Å²) in [6, 6.07) is 18.2. The highest BCUT2D eigenvalue weighted by Gasteiger charge is 2.36. The molecule has 190 valence electrons. The van der Waals surface area contributed by atoms with Gasteiger partial charge in [0.1, 0.15) is 6.04 Å².